The van der Waals surface area contributed by atoms with Gasteiger partial charge < -0.3 is 47.4 Å². The molecule has 0 saturated heterocycles. The number of alkyl halides is 1. The molecule has 9 N–H and O–H groups in total. The molecule has 0 unspecified atom stereocenters. The number of nitrogens with one attached hydrogen (secondary N) is 3. The summed E-state index contributed by atoms with van der Waals surface area (Å²) in [5.74, 6) is 6.47. The molecule has 0 saturated carbocycles. The van der Waals surface area contributed by atoms with E-state index in [9.17, 15) is 24.0 Å². The lowest BCUT2D eigenvalue weighted by atomic mass is 10.2. The second kappa shape index (κ2) is 56.7. The van der Waals surface area contributed by atoms with Gasteiger partial charge >= 0.3 is 18.3 Å². The molecule has 0 aliphatic carbocycles. The predicted molar refractivity (Wildman–Crippen MR) is 241 cm³/mol. The minimum atomic E-state index is -0.513. The topological polar surface area (TPSA) is 245 Å². The van der Waals surface area contributed by atoms with Crippen LogP contribution in [0.15, 0.2) is 44.0 Å². The Morgan fingerprint density at radius 2 is 1.03 bits per heavy atom. The molecule has 0 aliphatic rings. The molecule has 16 nitrogen and oxygen atoms in total. The number of alkyl carbamates (subject to hydrolysis) is 2. The molecule has 1 aromatic heterocycles. The highest BCUT2D eigenvalue weighted by Gasteiger charge is 2.02. The molecule has 328 valence electrons. The number of imidazole rings is 1. The Kier molecular flexibility index (Phi) is 61.3. The molecule has 18 heteroatoms. The Hall–Kier alpha value is -4.58. The Balaban J connectivity index is -0.000000210. The van der Waals surface area contributed by atoms with E-state index >= 15 is 0 Å². The highest BCUT2D eigenvalue weighted by atomic mass is 127. The van der Waals surface area contributed by atoms with E-state index in [1.54, 1.807) is 0 Å². The van der Waals surface area contributed by atoms with Gasteiger partial charge in [0, 0.05) is 32.0 Å². The quantitative estimate of drug-likeness (QED) is 0.0161. The van der Waals surface area contributed by atoms with Gasteiger partial charge in [0.05, 0.1) is 0 Å². The SMILES string of the molecule is C#CCOC(=O)NCCCCCCN.C#CCOC(=O)NCCCCCCNC(=O)C=C.C#CCOC(=O)n1ccnc1.C=CC(=O)Cl.CI.NCCCCCCN. The molecule has 0 bridgehead atoms. The number of unbranched alkanes of at least 4 members (excludes halogenated alkanes) is 9. The maximum absolute atomic E-state index is 11.0. The highest BCUT2D eigenvalue weighted by molar-refractivity contribution is 14.1. The molecule has 0 aliphatic heterocycles. The van der Waals surface area contributed by atoms with Crippen LogP contribution in [0.5, 0.6) is 0 Å². The number of hydrogen-bond acceptors (Lipinski definition) is 12. The van der Waals surface area contributed by atoms with E-state index < -0.39 is 23.5 Å². The fourth-order valence-electron chi connectivity index (χ4n) is 3.39. The van der Waals surface area contributed by atoms with Gasteiger partial charge in [-0.05, 0) is 86.8 Å². The Morgan fingerprint density at radius 1 is 0.672 bits per heavy atom. The van der Waals surface area contributed by atoms with Crippen LogP contribution in [0.3, 0.4) is 0 Å². The molecular formula is C40H66ClIN8O8. The van der Waals surface area contributed by atoms with Gasteiger partial charge in [-0.15, -0.1) is 19.3 Å². The predicted octanol–water partition coefficient (Wildman–Crippen LogP) is 5.03. The highest BCUT2D eigenvalue weighted by Crippen LogP contribution is 1.99. The number of carbonyl (C=O) groups excluding carboxylic acids is 5. The van der Waals surface area contributed by atoms with Gasteiger partial charge in [-0.3, -0.25) is 9.59 Å². The average Bonchev–Trinajstić information content (AvgIpc) is 3.79. The van der Waals surface area contributed by atoms with Crippen LogP contribution in [0, 0.1) is 37.0 Å². The van der Waals surface area contributed by atoms with Crippen molar-refractivity contribution in [3.05, 3.63) is 44.0 Å². The molecule has 0 aromatic carbocycles. The number of carbonyl (C=O) groups is 5. The third kappa shape index (κ3) is 60.7. The first kappa shape index (κ1) is 62.6. The molecule has 0 fully saturated rings. The van der Waals surface area contributed by atoms with E-state index in [1.165, 1.54) is 42.2 Å². The minimum absolute atomic E-state index is 0.00512. The number of ether oxygens (including phenoxy) is 3. The molecule has 58 heavy (non-hydrogen) atoms. The minimum Gasteiger partial charge on any atom is -0.436 e. The summed E-state index contributed by atoms with van der Waals surface area (Å²) in [5, 5.41) is 7.39. The molecule has 1 rings (SSSR count). The van der Waals surface area contributed by atoms with Crippen LogP contribution in [0.4, 0.5) is 14.4 Å². The molecular weight excluding hydrogens is 883 g/mol. The first-order valence-electron chi connectivity index (χ1n) is 18.5. The number of allylic oxidation sites excluding steroid dienone is 1. The van der Waals surface area contributed by atoms with E-state index in [4.69, 9.17) is 48.1 Å². The van der Waals surface area contributed by atoms with E-state index in [0.29, 0.717) is 19.6 Å². The first-order valence-corrected chi connectivity index (χ1v) is 21.0. The summed E-state index contributed by atoms with van der Waals surface area (Å²) in [7, 11) is 0. The van der Waals surface area contributed by atoms with Crippen molar-refractivity contribution in [2.75, 3.05) is 64.0 Å². The number of nitrogens with two attached hydrogens (primary N) is 3. The lowest BCUT2D eigenvalue weighted by Gasteiger charge is -2.05. The van der Waals surface area contributed by atoms with Crippen molar-refractivity contribution in [2.45, 2.75) is 77.0 Å². The van der Waals surface area contributed by atoms with E-state index in [2.05, 4.69) is 88.7 Å². The van der Waals surface area contributed by atoms with Crippen LogP contribution in [0.2, 0.25) is 0 Å². The molecule has 3 amide bonds. The van der Waals surface area contributed by atoms with Crippen molar-refractivity contribution in [3.63, 3.8) is 0 Å². The van der Waals surface area contributed by atoms with Gasteiger partial charge in [0.2, 0.25) is 11.1 Å². The standard InChI is InChI=1S/C13H20N2O3.C10H18N2O2.C7H6N2O2.C6H16N2.C3H3ClO.CH3I/c1-3-11-18-13(17)15-10-8-6-5-7-9-14-12(16)4-2;1-2-9-14-10(13)12-8-6-4-3-5-7-11;1-2-5-11-7(10)9-4-3-8-6-9;7-5-3-1-2-4-6-8;1-2-3(4)5;1-2/h1,4H,2,5-11H2,(H,14,16)(H,15,17);1H,3-9,11H2,(H,12,13);1,3-4,6H,5H2;1-8H2;2H,1H2;1H3. The zero-order valence-corrected chi connectivity index (χ0v) is 36.9. The van der Waals surface area contributed by atoms with Gasteiger partial charge in [0.1, 0.15) is 6.33 Å². The summed E-state index contributed by atoms with van der Waals surface area (Å²) in [5.41, 5.74) is 15.9. The van der Waals surface area contributed by atoms with Gasteiger partial charge in [0.25, 0.3) is 0 Å². The van der Waals surface area contributed by atoms with Crippen LogP contribution < -0.4 is 33.2 Å². The van der Waals surface area contributed by atoms with Crippen molar-refractivity contribution in [3.8, 4) is 37.0 Å². The number of terminal acetylenes is 3. The normalized spacial score (nSPS) is 8.67. The Bertz CT molecular complexity index is 1280. The van der Waals surface area contributed by atoms with Gasteiger partial charge in [-0.25, -0.2) is 23.9 Å². The van der Waals surface area contributed by atoms with Crippen molar-refractivity contribution in [1.29, 1.82) is 0 Å². The summed E-state index contributed by atoms with van der Waals surface area (Å²) in [6.45, 7) is 10.7. The third-order valence-corrected chi connectivity index (χ3v) is 6.30. The number of amides is 3. The molecule has 1 aromatic rings. The second-order valence-electron chi connectivity index (χ2n) is 10.8. The monoisotopic (exact) mass is 948 g/mol. The third-order valence-electron chi connectivity index (χ3n) is 6.14. The van der Waals surface area contributed by atoms with Crippen molar-refractivity contribution in [1.82, 2.24) is 25.5 Å². The lowest BCUT2D eigenvalue weighted by Crippen LogP contribution is -2.25. The lowest BCUT2D eigenvalue weighted by molar-refractivity contribution is -0.116. The van der Waals surface area contributed by atoms with Crippen LogP contribution in [0.25, 0.3) is 0 Å². The maximum Gasteiger partial charge on any atom is 0.420 e. The van der Waals surface area contributed by atoms with Crippen LogP contribution >= 0.6 is 34.2 Å². The van der Waals surface area contributed by atoms with Crippen LogP contribution in [-0.2, 0) is 23.8 Å². The van der Waals surface area contributed by atoms with E-state index in [1.807, 2.05) is 4.93 Å². The van der Waals surface area contributed by atoms with Crippen molar-refractivity contribution < 1.29 is 38.2 Å². The largest absolute Gasteiger partial charge is 0.436 e. The van der Waals surface area contributed by atoms with Crippen LogP contribution in [-0.4, -0.2) is 103 Å². The number of halogens is 2. The van der Waals surface area contributed by atoms with Gasteiger partial charge in [-0.2, -0.15) is 0 Å². The first-order chi connectivity index (χ1) is 28.0. The zero-order valence-electron chi connectivity index (χ0n) is 34.0. The average molecular weight is 949 g/mol. The number of aromatic nitrogens is 2. The van der Waals surface area contributed by atoms with Gasteiger partial charge in [-0.1, -0.05) is 92.0 Å². The van der Waals surface area contributed by atoms with Gasteiger partial charge in [0.15, 0.2) is 19.8 Å². The van der Waals surface area contributed by atoms with Crippen molar-refractivity contribution in [2.24, 2.45) is 17.2 Å². The number of hydrogen-bond donors (Lipinski definition) is 6. The smallest absolute Gasteiger partial charge is 0.420 e. The summed E-state index contributed by atoms with van der Waals surface area (Å²) in [6.07, 6.45) is 32.7. The summed E-state index contributed by atoms with van der Waals surface area (Å²) >= 11 is 6.86. The fraction of sp³-hybridized carbons (Fsp3) is 0.550. The van der Waals surface area contributed by atoms with Crippen LogP contribution in [0.1, 0.15) is 77.0 Å². The Labute approximate surface area is 365 Å². The maximum atomic E-state index is 11.0. The summed E-state index contributed by atoms with van der Waals surface area (Å²) in [4.78, 5) is 58.6. The fourth-order valence-corrected chi connectivity index (χ4v) is 3.39. The number of rotatable bonds is 23. The van der Waals surface area contributed by atoms with E-state index in [-0.39, 0.29) is 25.7 Å². The molecule has 0 spiro atoms. The van der Waals surface area contributed by atoms with Crippen molar-refractivity contribution >= 4 is 63.6 Å². The Morgan fingerprint density at radius 3 is 1.34 bits per heavy atom. The summed E-state index contributed by atoms with van der Waals surface area (Å²) in [6, 6.07) is 0. The summed E-state index contributed by atoms with van der Waals surface area (Å²) < 4.78 is 15.0. The molecule has 1 heterocycles. The number of nitrogens with zero attached hydrogens (tertiary/aromatic N) is 2. The second-order valence-corrected chi connectivity index (χ2v) is 11.1. The molecule has 0 radical (unpaired) electrons. The molecule has 0 atom stereocenters. The van der Waals surface area contributed by atoms with E-state index in [0.717, 1.165) is 89.9 Å². The zero-order chi connectivity index (χ0) is 44.9.